The fourth-order valence-corrected chi connectivity index (χ4v) is 5.78. The van der Waals surface area contributed by atoms with E-state index in [9.17, 15) is 4.79 Å². The summed E-state index contributed by atoms with van der Waals surface area (Å²) < 4.78 is 11.2. The van der Waals surface area contributed by atoms with E-state index in [1.165, 1.54) is 43.2 Å². The van der Waals surface area contributed by atoms with Crippen LogP contribution in [0.15, 0.2) is 18.2 Å². The third-order valence-electron chi connectivity index (χ3n) is 6.48. The Kier molecular flexibility index (Phi) is 6.50. The summed E-state index contributed by atoms with van der Waals surface area (Å²) in [5, 5.41) is 11.1. The van der Waals surface area contributed by atoms with Gasteiger partial charge in [0, 0.05) is 38.2 Å². The minimum absolute atomic E-state index is 0.0201. The van der Waals surface area contributed by atoms with Crippen molar-refractivity contribution < 1.29 is 19.4 Å². The Morgan fingerprint density at radius 1 is 1.27 bits per heavy atom. The van der Waals surface area contributed by atoms with E-state index in [0.717, 1.165) is 36.1 Å². The number of carboxylic acid groups (broad SMARTS) is 1. The standard InChI is InChI=1S/C20H26N4O2S.CH2O2/c1-26-14-7-10-24(11-14)17-4-2-3-15-18(22-27-19(15)17)20(25)21-16-12-23-8-5-13(16)6-9-23;2-1-3/h2-4,13-14,16H,5-12H2,1H3,(H,21,25);1H,(H,2,3)/t14-,16-;/m1./s1. The van der Waals surface area contributed by atoms with Crippen molar-refractivity contribution in [1.82, 2.24) is 14.6 Å². The van der Waals surface area contributed by atoms with Crippen LogP contribution >= 0.6 is 11.5 Å². The molecule has 1 aromatic carbocycles. The SMILES string of the molecule is CO[C@@H]1CCN(c2cccc3c(C(=O)N[C@@H]4CN5CCC4CC5)nsc23)C1.O=CO. The van der Waals surface area contributed by atoms with Gasteiger partial charge in [-0.15, -0.1) is 0 Å². The molecule has 0 saturated carbocycles. The van der Waals surface area contributed by atoms with Crippen LogP contribution in [-0.2, 0) is 9.53 Å². The highest BCUT2D eigenvalue weighted by Crippen LogP contribution is 2.35. The number of nitrogens with zero attached hydrogens (tertiary/aromatic N) is 3. The van der Waals surface area contributed by atoms with E-state index >= 15 is 0 Å². The van der Waals surface area contributed by atoms with Crippen molar-refractivity contribution in [3.05, 3.63) is 23.9 Å². The maximum absolute atomic E-state index is 13.0. The zero-order valence-corrected chi connectivity index (χ0v) is 17.9. The number of anilines is 1. The van der Waals surface area contributed by atoms with Crippen molar-refractivity contribution in [2.75, 3.05) is 44.7 Å². The zero-order valence-electron chi connectivity index (χ0n) is 17.1. The largest absolute Gasteiger partial charge is 0.483 e. The van der Waals surface area contributed by atoms with Gasteiger partial charge in [-0.3, -0.25) is 9.59 Å². The summed E-state index contributed by atoms with van der Waals surface area (Å²) in [7, 11) is 1.78. The number of amides is 1. The lowest BCUT2D eigenvalue weighted by Gasteiger charge is -2.44. The predicted octanol–water partition coefficient (Wildman–Crippen LogP) is 2.05. The fraction of sp³-hybridized carbons (Fsp3) is 0.571. The average molecular weight is 433 g/mol. The molecule has 1 aromatic heterocycles. The highest BCUT2D eigenvalue weighted by atomic mass is 32.1. The number of carbonyl (C=O) groups is 2. The number of carbonyl (C=O) groups excluding carboxylic acids is 1. The van der Waals surface area contributed by atoms with Crippen molar-refractivity contribution in [3.8, 4) is 0 Å². The molecule has 4 saturated heterocycles. The molecule has 4 fully saturated rings. The number of fused-ring (bicyclic) bond motifs is 4. The maximum Gasteiger partial charge on any atom is 0.290 e. The number of rotatable bonds is 4. The van der Waals surface area contributed by atoms with Gasteiger partial charge in [-0.05, 0) is 55.9 Å². The molecule has 1 amide bonds. The molecule has 8 nitrogen and oxygen atoms in total. The van der Waals surface area contributed by atoms with Gasteiger partial charge in [0.1, 0.15) is 5.69 Å². The average Bonchev–Trinajstić information content (AvgIpc) is 3.42. The van der Waals surface area contributed by atoms with Crippen LogP contribution in [0.2, 0.25) is 0 Å². The van der Waals surface area contributed by atoms with Gasteiger partial charge in [0.25, 0.3) is 12.4 Å². The number of aromatic nitrogens is 1. The fourth-order valence-electron chi connectivity index (χ4n) is 4.87. The summed E-state index contributed by atoms with van der Waals surface area (Å²) in [6.07, 6.45) is 3.72. The quantitative estimate of drug-likeness (QED) is 0.714. The van der Waals surface area contributed by atoms with Crippen molar-refractivity contribution in [3.63, 3.8) is 0 Å². The molecule has 4 aliphatic rings. The summed E-state index contributed by atoms with van der Waals surface area (Å²) in [6, 6.07) is 6.46. The smallest absolute Gasteiger partial charge is 0.290 e. The molecular formula is C21H28N4O4S. The molecule has 4 aliphatic heterocycles. The number of nitrogens with one attached hydrogen (secondary N) is 1. The van der Waals surface area contributed by atoms with E-state index in [0.29, 0.717) is 11.6 Å². The second-order valence-electron chi connectivity index (χ2n) is 8.10. The van der Waals surface area contributed by atoms with Crippen molar-refractivity contribution in [1.29, 1.82) is 0 Å². The number of benzene rings is 1. The lowest BCUT2D eigenvalue weighted by atomic mass is 9.84. The third kappa shape index (κ3) is 4.14. The van der Waals surface area contributed by atoms with Crippen LogP contribution in [0.4, 0.5) is 5.69 Å². The number of hydrogen-bond acceptors (Lipinski definition) is 7. The molecule has 0 unspecified atom stereocenters. The molecule has 5 heterocycles. The van der Waals surface area contributed by atoms with Gasteiger partial charge >= 0.3 is 0 Å². The minimum atomic E-state index is -0.250. The minimum Gasteiger partial charge on any atom is -0.483 e. The molecular weight excluding hydrogens is 404 g/mol. The molecule has 2 bridgehead atoms. The first-order chi connectivity index (χ1) is 14.6. The van der Waals surface area contributed by atoms with Crippen molar-refractivity contribution in [2.24, 2.45) is 5.92 Å². The van der Waals surface area contributed by atoms with Crippen LogP contribution in [-0.4, -0.2) is 78.7 Å². The van der Waals surface area contributed by atoms with Gasteiger partial charge in [0.15, 0.2) is 0 Å². The molecule has 9 heteroatoms. The van der Waals surface area contributed by atoms with Crippen LogP contribution in [0, 0.1) is 5.92 Å². The van der Waals surface area contributed by atoms with Crippen LogP contribution in [0.1, 0.15) is 29.8 Å². The number of piperidine rings is 3. The molecule has 0 aliphatic carbocycles. The van der Waals surface area contributed by atoms with Crippen LogP contribution in [0.25, 0.3) is 10.1 Å². The summed E-state index contributed by atoms with van der Waals surface area (Å²) in [4.78, 5) is 26.1. The zero-order chi connectivity index (χ0) is 21.1. The second kappa shape index (κ2) is 9.28. The maximum atomic E-state index is 13.0. The summed E-state index contributed by atoms with van der Waals surface area (Å²) in [5.41, 5.74) is 1.75. The Labute approximate surface area is 180 Å². The Balaban J connectivity index is 0.000000687. The number of hydrogen-bond donors (Lipinski definition) is 2. The van der Waals surface area contributed by atoms with E-state index in [4.69, 9.17) is 14.6 Å². The molecule has 162 valence electrons. The van der Waals surface area contributed by atoms with Gasteiger partial charge in [0.2, 0.25) is 0 Å². The molecule has 0 radical (unpaired) electrons. The van der Waals surface area contributed by atoms with Gasteiger partial charge in [-0.25, -0.2) is 0 Å². The van der Waals surface area contributed by atoms with Gasteiger partial charge < -0.3 is 25.0 Å². The Morgan fingerprint density at radius 3 is 2.67 bits per heavy atom. The van der Waals surface area contributed by atoms with Gasteiger partial charge in [0.05, 0.1) is 16.5 Å². The number of methoxy groups -OCH3 is 1. The Hall–Kier alpha value is -2.23. The first kappa shape index (κ1) is 21.0. The highest BCUT2D eigenvalue weighted by molar-refractivity contribution is 7.14. The van der Waals surface area contributed by atoms with E-state index in [2.05, 4.69) is 25.6 Å². The van der Waals surface area contributed by atoms with Crippen molar-refractivity contribution in [2.45, 2.75) is 31.4 Å². The summed E-state index contributed by atoms with van der Waals surface area (Å²) in [5.74, 6) is 0.600. The van der Waals surface area contributed by atoms with E-state index in [-0.39, 0.29) is 24.5 Å². The van der Waals surface area contributed by atoms with Gasteiger partial charge in [-0.2, -0.15) is 4.37 Å². The highest BCUT2D eigenvalue weighted by Gasteiger charge is 2.35. The normalized spacial score (nSPS) is 27.6. The Bertz CT molecular complexity index is 896. The van der Waals surface area contributed by atoms with Gasteiger partial charge in [-0.1, -0.05) is 12.1 Å². The molecule has 6 rings (SSSR count). The topological polar surface area (TPSA) is 95.0 Å². The predicted molar refractivity (Wildman–Crippen MR) is 116 cm³/mol. The first-order valence-electron chi connectivity index (χ1n) is 10.4. The molecule has 30 heavy (non-hydrogen) atoms. The first-order valence-corrected chi connectivity index (χ1v) is 11.2. The van der Waals surface area contributed by atoms with E-state index < -0.39 is 0 Å². The second-order valence-corrected chi connectivity index (χ2v) is 8.87. The summed E-state index contributed by atoms with van der Waals surface area (Å²) >= 11 is 1.44. The lowest BCUT2D eigenvalue weighted by Crippen LogP contribution is -2.57. The van der Waals surface area contributed by atoms with Crippen LogP contribution in [0.3, 0.4) is 0 Å². The van der Waals surface area contributed by atoms with Crippen LogP contribution in [0.5, 0.6) is 0 Å². The molecule has 0 spiro atoms. The Morgan fingerprint density at radius 2 is 2.03 bits per heavy atom. The molecule has 2 atom stereocenters. The van der Waals surface area contributed by atoms with Crippen LogP contribution < -0.4 is 10.2 Å². The number of ether oxygens (including phenoxy) is 1. The molecule has 2 aromatic rings. The molecule has 2 N–H and O–H groups in total. The lowest BCUT2D eigenvalue weighted by molar-refractivity contribution is -0.122. The monoisotopic (exact) mass is 432 g/mol. The third-order valence-corrected chi connectivity index (χ3v) is 7.37. The van der Waals surface area contributed by atoms with E-state index in [1.807, 2.05) is 12.1 Å². The van der Waals surface area contributed by atoms with E-state index in [1.54, 1.807) is 7.11 Å². The summed E-state index contributed by atoms with van der Waals surface area (Å²) in [6.45, 7) is 4.97. The van der Waals surface area contributed by atoms with Crippen molar-refractivity contribution >= 4 is 39.7 Å².